The van der Waals surface area contributed by atoms with Gasteiger partial charge in [0, 0.05) is 5.69 Å². The molecule has 2 aromatic rings. The number of ether oxygens (including phenoxy) is 1. The number of anilines is 1. The van der Waals surface area contributed by atoms with E-state index < -0.39 is 11.9 Å². The largest absolute Gasteiger partial charge is 0.468 e. The van der Waals surface area contributed by atoms with Crippen LogP contribution in [0.3, 0.4) is 0 Å². The normalized spacial score (nSPS) is 20.8. The Morgan fingerprint density at radius 3 is 2.14 bits per heavy atom. The monoisotopic (exact) mass is 281 g/mol. The summed E-state index contributed by atoms with van der Waals surface area (Å²) in [5, 5.41) is 0. The zero-order valence-corrected chi connectivity index (χ0v) is 11.6. The van der Waals surface area contributed by atoms with Crippen LogP contribution in [0, 0.1) is 5.92 Å². The molecule has 0 aliphatic carbocycles. The van der Waals surface area contributed by atoms with Crippen molar-refractivity contribution in [3.63, 3.8) is 0 Å². The van der Waals surface area contributed by atoms with Crippen LogP contribution in [-0.4, -0.2) is 19.0 Å². The van der Waals surface area contributed by atoms with E-state index in [0.717, 1.165) is 11.3 Å². The predicted octanol–water partition coefficient (Wildman–Crippen LogP) is 2.56. The zero-order chi connectivity index (χ0) is 14.8. The SMILES string of the molecule is COC(=O)[C@@H]1C(=O)N(c2ccccc2)[C@H]1c1ccccc1. The van der Waals surface area contributed by atoms with Gasteiger partial charge < -0.3 is 9.64 Å². The molecule has 0 saturated carbocycles. The van der Waals surface area contributed by atoms with Crippen LogP contribution in [0.25, 0.3) is 0 Å². The lowest BCUT2D eigenvalue weighted by atomic mass is 9.82. The lowest BCUT2D eigenvalue weighted by molar-refractivity contribution is -0.155. The summed E-state index contributed by atoms with van der Waals surface area (Å²) in [5.74, 6) is -1.47. The number of methoxy groups -OCH3 is 1. The van der Waals surface area contributed by atoms with Gasteiger partial charge in [0.1, 0.15) is 0 Å². The van der Waals surface area contributed by atoms with Crippen molar-refractivity contribution in [1.29, 1.82) is 0 Å². The molecule has 4 nitrogen and oxygen atoms in total. The van der Waals surface area contributed by atoms with Gasteiger partial charge in [-0.25, -0.2) is 0 Å². The van der Waals surface area contributed by atoms with Crippen molar-refractivity contribution in [2.24, 2.45) is 5.92 Å². The summed E-state index contributed by atoms with van der Waals surface area (Å²) in [6.45, 7) is 0. The van der Waals surface area contributed by atoms with E-state index >= 15 is 0 Å². The van der Waals surface area contributed by atoms with Gasteiger partial charge in [-0.2, -0.15) is 0 Å². The van der Waals surface area contributed by atoms with Crippen LogP contribution in [0.1, 0.15) is 11.6 Å². The number of para-hydroxylation sites is 1. The van der Waals surface area contributed by atoms with Gasteiger partial charge in [0.05, 0.1) is 13.2 Å². The first-order valence-electron chi connectivity index (χ1n) is 6.75. The maximum Gasteiger partial charge on any atom is 0.320 e. The van der Waals surface area contributed by atoms with Crippen molar-refractivity contribution >= 4 is 17.6 Å². The molecule has 1 fully saturated rings. The fourth-order valence-electron chi connectivity index (χ4n) is 2.71. The number of hydrogen-bond donors (Lipinski definition) is 0. The van der Waals surface area contributed by atoms with E-state index in [4.69, 9.17) is 4.74 Å². The second-order valence-electron chi connectivity index (χ2n) is 4.90. The highest BCUT2D eigenvalue weighted by atomic mass is 16.5. The van der Waals surface area contributed by atoms with Crippen LogP contribution in [-0.2, 0) is 14.3 Å². The number of carbonyl (C=O) groups excluding carboxylic acids is 2. The van der Waals surface area contributed by atoms with Crippen LogP contribution < -0.4 is 4.90 Å². The topological polar surface area (TPSA) is 46.6 Å². The molecule has 1 heterocycles. The highest BCUT2D eigenvalue weighted by molar-refractivity contribution is 6.14. The third kappa shape index (κ3) is 2.18. The quantitative estimate of drug-likeness (QED) is 0.493. The van der Waals surface area contributed by atoms with Crippen LogP contribution in [0.15, 0.2) is 60.7 Å². The molecule has 2 aromatic carbocycles. The molecule has 2 atom stereocenters. The summed E-state index contributed by atoms with van der Waals surface area (Å²) >= 11 is 0. The Bertz CT molecular complexity index is 654. The van der Waals surface area contributed by atoms with Crippen molar-refractivity contribution in [2.45, 2.75) is 6.04 Å². The Hall–Kier alpha value is -2.62. The van der Waals surface area contributed by atoms with Gasteiger partial charge >= 0.3 is 5.97 Å². The van der Waals surface area contributed by atoms with Gasteiger partial charge in [-0.15, -0.1) is 0 Å². The van der Waals surface area contributed by atoms with Gasteiger partial charge in [0.2, 0.25) is 5.91 Å². The van der Waals surface area contributed by atoms with E-state index in [2.05, 4.69) is 0 Å². The Morgan fingerprint density at radius 1 is 1.00 bits per heavy atom. The second kappa shape index (κ2) is 5.40. The van der Waals surface area contributed by atoms with Crippen molar-refractivity contribution in [1.82, 2.24) is 0 Å². The van der Waals surface area contributed by atoms with Crippen molar-refractivity contribution in [3.05, 3.63) is 66.2 Å². The molecule has 0 radical (unpaired) electrons. The number of hydrogen-bond acceptors (Lipinski definition) is 3. The molecule has 3 rings (SSSR count). The lowest BCUT2D eigenvalue weighted by Gasteiger charge is -2.45. The highest BCUT2D eigenvalue weighted by Crippen LogP contribution is 2.43. The Morgan fingerprint density at radius 2 is 1.57 bits per heavy atom. The van der Waals surface area contributed by atoms with Crippen molar-refractivity contribution in [3.8, 4) is 0 Å². The van der Waals surface area contributed by atoms with E-state index in [1.807, 2.05) is 60.7 Å². The molecule has 4 heteroatoms. The number of rotatable bonds is 3. The smallest absolute Gasteiger partial charge is 0.320 e. The molecular weight excluding hydrogens is 266 g/mol. The first kappa shape index (κ1) is 13.4. The zero-order valence-electron chi connectivity index (χ0n) is 11.6. The minimum absolute atomic E-state index is 0.220. The first-order valence-corrected chi connectivity index (χ1v) is 6.75. The minimum Gasteiger partial charge on any atom is -0.468 e. The van der Waals surface area contributed by atoms with Crippen molar-refractivity contribution in [2.75, 3.05) is 12.0 Å². The van der Waals surface area contributed by atoms with E-state index in [1.165, 1.54) is 7.11 Å². The van der Waals surface area contributed by atoms with E-state index in [-0.39, 0.29) is 11.9 Å². The van der Waals surface area contributed by atoms with E-state index in [1.54, 1.807) is 4.90 Å². The number of benzene rings is 2. The Labute approximate surface area is 123 Å². The van der Waals surface area contributed by atoms with Crippen LogP contribution in [0.4, 0.5) is 5.69 Å². The summed E-state index contributed by atoms with van der Waals surface area (Å²) in [6.07, 6.45) is 0. The molecule has 0 N–H and O–H groups in total. The third-order valence-corrected chi connectivity index (χ3v) is 3.73. The standard InChI is InChI=1S/C17H15NO3/c1-21-17(20)14-15(12-8-4-2-5-9-12)18(16(14)19)13-10-6-3-7-11-13/h2-11,14-15H,1H3/t14-,15-/m0/s1. The number of nitrogens with zero attached hydrogens (tertiary/aromatic N) is 1. The molecule has 21 heavy (non-hydrogen) atoms. The van der Waals surface area contributed by atoms with Gasteiger partial charge in [-0.1, -0.05) is 48.5 Å². The Balaban J connectivity index is 2.00. The van der Waals surface area contributed by atoms with Gasteiger partial charge in [0.15, 0.2) is 5.92 Å². The Kier molecular flexibility index (Phi) is 3.44. The van der Waals surface area contributed by atoms with Crippen molar-refractivity contribution < 1.29 is 14.3 Å². The maximum absolute atomic E-state index is 12.4. The molecule has 1 aliphatic rings. The van der Waals surface area contributed by atoms with E-state index in [0.29, 0.717) is 0 Å². The molecular formula is C17H15NO3. The lowest BCUT2D eigenvalue weighted by Crippen LogP contribution is -2.58. The van der Waals surface area contributed by atoms with Crippen LogP contribution >= 0.6 is 0 Å². The second-order valence-corrected chi connectivity index (χ2v) is 4.90. The third-order valence-electron chi connectivity index (χ3n) is 3.73. The van der Waals surface area contributed by atoms with Gasteiger partial charge in [-0.3, -0.25) is 9.59 Å². The summed E-state index contributed by atoms with van der Waals surface area (Å²) in [6, 6.07) is 18.6. The maximum atomic E-state index is 12.4. The fraction of sp³-hybridized carbons (Fsp3) is 0.176. The summed E-state index contributed by atoms with van der Waals surface area (Å²) < 4.78 is 4.77. The first-order chi connectivity index (χ1) is 10.2. The van der Waals surface area contributed by atoms with Gasteiger partial charge in [0.25, 0.3) is 0 Å². The molecule has 1 amide bonds. The number of carbonyl (C=O) groups is 2. The average molecular weight is 281 g/mol. The fourth-order valence-corrected chi connectivity index (χ4v) is 2.71. The summed E-state index contributed by atoms with van der Waals surface area (Å²) in [4.78, 5) is 25.9. The van der Waals surface area contributed by atoms with E-state index in [9.17, 15) is 9.59 Å². The van der Waals surface area contributed by atoms with Crippen LogP contribution in [0.2, 0.25) is 0 Å². The highest BCUT2D eigenvalue weighted by Gasteiger charge is 2.53. The molecule has 0 unspecified atom stereocenters. The predicted molar refractivity (Wildman–Crippen MR) is 78.6 cm³/mol. The molecule has 0 spiro atoms. The molecule has 0 bridgehead atoms. The minimum atomic E-state index is -0.766. The number of β-lactam (4-membered cyclic amide) rings is 1. The molecule has 106 valence electrons. The molecule has 0 aromatic heterocycles. The number of esters is 1. The van der Waals surface area contributed by atoms with Crippen LogP contribution in [0.5, 0.6) is 0 Å². The molecule has 1 aliphatic heterocycles. The summed E-state index contributed by atoms with van der Waals surface area (Å²) in [7, 11) is 1.31. The number of amides is 1. The average Bonchev–Trinajstić information content (AvgIpc) is 2.54. The van der Waals surface area contributed by atoms with Gasteiger partial charge in [-0.05, 0) is 17.7 Å². The molecule has 1 saturated heterocycles. The summed E-state index contributed by atoms with van der Waals surface area (Å²) in [5.41, 5.74) is 1.72.